The molecule has 1 atom stereocenters. The Kier molecular flexibility index (Phi) is 6.50. The number of ether oxygens (including phenoxy) is 3. The molecule has 1 aromatic rings. The average molecular weight is 351 g/mol. The lowest BCUT2D eigenvalue weighted by molar-refractivity contribution is -0.139. The van der Waals surface area contributed by atoms with Crippen LogP contribution in [0.2, 0.25) is 0 Å². The monoisotopic (exact) mass is 351 g/mol. The molecule has 7 heteroatoms. The molecule has 1 fully saturated rings. The first kappa shape index (κ1) is 18.9. The molecule has 25 heavy (non-hydrogen) atoms. The van der Waals surface area contributed by atoms with E-state index in [9.17, 15) is 9.59 Å². The van der Waals surface area contributed by atoms with E-state index in [2.05, 4.69) is 0 Å². The zero-order valence-electron chi connectivity index (χ0n) is 14.9. The van der Waals surface area contributed by atoms with Crippen LogP contribution in [-0.2, 0) is 16.0 Å². The second-order valence-corrected chi connectivity index (χ2v) is 5.97. The van der Waals surface area contributed by atoms with Crippen molar-refractivity contribution in [2.24, 2.45) is 0 Å². The molecule has 1 aliphatic heterocycles. The molecule has 0 bridgehead atoms. The standard InChI is InChI=1S/C18H25NO6/c1-23-14-8-6-12(17(24-2)18(14)25-3)7-9-15(20)19-10-4-5-13(19)11-16(21)22/h6,8,13H,4-5,7,9-11H2,1-3H3,(H,21,22). The number of carboxylic acids is 1. The Morgan fingerprint density at radius 2 is 1.88 bits per heavy atom. The number of methoxy groups -OCH3 is 3. The van der Waals surface area contributed by atoms with Gasteiger partial charge in [0.25, 0.3) is 0 Å². The molecule has 1 unspecified atom stereocenters. The third-order valence-corrected chi connectivity index (χ3v) is 4.50. The Morgan fingerprint density at radius 1 is 1.16 bits per heavy atom. The Labute approximate surface area is 147 Å². The molecular formula is C18H25NO6. The number of carbonyl (C=O) groups is 2. The van der Waals surface area contributed by atoms with E-state index in [1.54, 1.807) is 25.2 Å². The van der Waals surface area contributed by atoms with Crippen molar-refractivity contribution in [3.63, 3.8) is 0 Å². The Hall–Kier alpha value is -2.44. The van der Waals surface area contributed by atoms with Crippen molar-refractivity contribution in [2.45, 2.75) is 38.1 Å². The SMILES string of the molecule is COc1ccc(CCC(=O)N2CCCC2CC(=O)O)c(OC)c1OC. The number of hydrogen-bond acceptors (Lipinski definition) is 5. The molecule has 0 radical (unpaired) electrons. The molecule has 138 valence electrons. The van der Waals surface area contributed by atoms with Gasteiger partial charge in [-0.05, 0) is 30.9 Å². The molecule has 2 rings (SSSR count). The van der Waals surface area contributed by atoms with Gasteiger partial charge in [-0.1, -0.05) is 6.07 Å². The predicted molar refractivity (Wildman–Crippen MR) is 91.4 cm³/mol. The Morgan fingerprint density at radius 3 is 2.48 bits per heavy atom. The molecule has 1 amide bonds. The summed E-state index contributed by atoms with van der Waals surface area (Å²) in [5.41, 5.74) is 0.850. The van der Waals surface area contributed by atoms with Crippen LogP contribution in [0.5, 0.6) is 17.2 Å². The van der Waals surface area contributed by atoms with E-state index in [1.807, 2.05) is 6.07 Å². The quantitative estimate of drug-likeness (QED) is 0.772. The maximum atomic E-state index is 12.5. The molecule has 0 aliphatic carbocycles. The van der Waals surface area contributed by atoms with E-state index < -0.39 is 5.97 Å². The highest BCUT2D eigenvalue weighted by Crippen LogP contribution is 2.40. The summed E-state index contributed by atoms with van der Waals surface area (Å²) in [7, 11) is 4.64. The van der Waals surface area contributed by atoms with Crippen molar-refractivity contribution in [3.8, 4) is 17.2 Å². The molecule has 0 aromatic heterocycles. The molecule has 0 saturated carbocycles. The van der Waals surface area contributed by atoms with Gasteiger partial charge in [-0.2, -0.15) is 0 Å². The van der Waals surface area contributed by atoms with Crippen molar-refractivity contribution in [1.82, 2.24) is 4.90 Å². The summed E-state index contributed by atoms with van der Waals surface area (Å²) >= 11 is 0. The lowest BCUT2D eigenvalue weighted by Crippen LogP contribution is -2.36. The van der Waals surface area contributed by atoms with Crippen LogP contribution in [0.3, 0.4) is 0 Å². The molecule has 1 heterocycles. The molecular weight excluding hydrogens is 326 g/mol. The lowest BCUT2D eigenvalue weighted by Gasteiger charge is -2.24. The molecule has 7 nitrogen and oxygen atoms in total. The fourth-order valence-electron chi connectivity index (χ4n) is 3.32. The van der Waals surface area contributed by atoms with Crippen molar-refractivity contribution >= 4 is 11.9 Å². The maximum absolute atomic E-state index is 12.5. The fraction of sp³-hybridized carbons (Fsp3) is 0.556. The lowest BCUT2D eigenvalue weighted by atomic mass is 10.1. The normalized spacial score (nSPS) is 16.6. The van der Waals surface area contributed by atoms with E-state index in [0.29, 0.717) is 36.6 Å². The van der Waals surface area contributed by atoms with Gasteiger partial charge in [0.05, 0.1) is 27.8 Å². The number of aryl methyl sites for hydroxylation is 1. The molecule has 1 aliphatic rings. The number of likely N-dealkylation sites (tertiary alicyclic amines) is 1. The van der Waals surface area contributed by atoms with Gasteiger partial charge >= 0.3 is 5.97 Å². The highest BCUT2D eigenvalue weighted by Gasteiger charge is 2.30. The first-order valence-electron chi connectivity index (χ1n) is 8.30. The van der Waals surface area contributed by atoms with Gasteiger partial charge in [-0.15, -0.1) is 0 Å². The highest BCUT2D eigenvalue weighted by atomic mass is 16.5. The number of benzene rings is 1. The van der Waals surface area contributed by atoms with Crippen LogP contribution in [0.15, 0.2) is 12.1 Å². The summed E-state index contributed by atoms with van der Waals surface area (Å²) in [6, 6.07) is 3.44. The Balaban J connectivity index is 2.08. The number of hydrogen-bond donors (Lipinski definition) is 1. The van der Waals surface area contributed by atoms with Crippen LogP contribution >= 0.6 is 0 Å². The van der Waals surface area contributed by atoms with Gasteiger partial charge in [0.1, 0.15) is 0 Å². The number of nitrogens with zero attached hydrogens (tertiary/aromatic N) is 1. The first-order chi connectivity index (χ1) is 12.0. The minimum Gasteiger partial charge on any atom is -0.493 e. The highest BCUT2D eigenvalue weighted by molar-refractivity contribution is 5.78. The zero-order chi connectivity index (χ0) is 18.4. The number of aliphatic carboxylic acids is 1. The number of carbonyl (C=O) groups excluding carboxylic acids is 1. The van der Waals surface area contributed by atoms with Crippen LogP contribution in [-0.4, -0.2) is 55.8 Å². The molecule has 1 N–H and O–H groups in total. The number of carboxylic acid groups (broad SMARTS) is 1. The van der Waals surface area contributed by atoms with Crippen LogP contribution in [0.1, 0.15) is 31.2 Å². The van der Waals surface area contributed by atoms with Gasteiger partial charge in [0, 0.05) is 19.0 Å². The topological polar surface area (TPSA) is 85.3 Å². The summed E-state index contributed by atoms with van der Waals surface area (Å²) in [5.74, 6) is 0.723. The second-order valence-electron chi connectivity index (χ2n) is 5.97. The smallest absolute Gasteiger partial charge is 0.305 e. The van der Waals surface area contributed by atoms with Crippen molar-refractivity contribution in [1.29, 1.82) is 0 Å². The summed E-state index contributed by atoms with van der Waals surface area (Å²) in [4.78, 5) is 25.2. The van der Waals surface area contributed by atoms with Crippen LogP contribution < -0.4 is 14.2 Å². The predicted octanol–water partition coefficient (Wildman–Crippen LogP) is 2.11. The summed E-state index contributed by atoms with van der Waals surface area (Å²) in [5, 5.41) is 8.98. The van der Waals surface area contributed by atoms with Gasteiger partial charge in [0.2, 0.25) is 11.7 Å². The van der Waals surface area contributed by atoms with E-state index >= 15 is 0 Å². The number of amides is 1. The largest absolute Gasteiger partial charge is 0.493 e. The van der Waals surface area contributed by atoms with Gasteiger partial charge in [-0.25, -0.2) is 0 Å². The molecule has 1 aromatic carbocycles. The van der Waals surface area contributed by atoms with Crippen LogP contribution in [0, 0.1) is 0 Å². The summed E-state index contributed by atoms with van der Waals surface area (Å²) < 4.78 is 16.0. The van der Waals surface area contributed by atoms with Gasteiger partial charge in [0.15, 0.2) is 11.5 Å². The minimum absolute atomic E-state index is 0.00538. The van der Waals surface area contributed by atoms with Crippen LogP contribution in [0.25, 0.3) is 0 Å². The van der Waals surface area contributed by atoms with Crippen molar-refractivity contribution in [2.75, 3.05) is 27.9 Å². The summed E-state index contributed by atoms with van der Waals surface area (Å²) in [6.45, 7) is 0.625. The van der Waals surface area contributed by atoms with Crippen molar-refractivity contribution in [3.05, 3.63) is 17.7 Å². The third kappa shape index (κ3) is 4.35. The summed E-state index contributed by atoms with van der Waals surface area (Å²) in [6.07, 6.45) is 2.38. The number of rotatable bonds is 8. The third-order valence-electron chi connectivity index (χ3n) is 4.50. The van der Waals surface area contributed by atoms with E-state index in [4.69, 9.17) is 19.3 Å². The van der Waals surface area contributed by atoms with Gasteiger partial charge < -0.3 is 24.2 Å². The maximum Gasteiger partial charge on any atom is 0.305 e. The second kappa shape index (κ2) is 8.60. The van der Waals surface area contributed by atoms with E-state index in [1.165, 1.54) is 7.11 Å². The van der Waals surface area contributed by atoms with Crippen molar-refractivity contribution < 1.29 is 28.9 Å². The zero-order valence-corrected chi connectivity index (χ0v) is 14.9. The first-order valence-corrected chi connectivity index (χ1v) is 8.30. The van der Waals surface area contributed by atoms with Gasteiger partial charge in [-0.3, -0.25) is 9.59 Å². The average Bonchev–Trinajstić information content (AvgIpc) is 3.05. The van der Waals surface area contributed by atoms with Crippen LogP contribution in [0.4, 0.5) is 0 Å². The molecule has 0 spiro atoms. The van der Waals surface area contributed by atoms with E-state index in [0.717, 1.165) is 18.4 Å². The Bertz CT molecular complexity index is 630. The molecule has 1 saturated heterocycles. The fourth-order valence-corrected chi connectivity index (χ4v) is 3.32. The van der Waals surface area contributed by atoms with E-state index in [-0.39, 0.29) is 18.4 Å². The minimum atomic E-state index is -0.869.